The van der Waals surface area contributed by atoms with Crippen LogP contribution in [0.5, 0.6) is 0 Å². The summed E-state index contributed by atoms with van der Waals surface area (Å²) in [5.74, 6) is 0. The van der Waals surface area contributed by atoms with Crippen molar-refractivity contribution in [1.29, 1.82) is 5.26 Å². The maximum absolute atomic E-state index is 8.42. The molecule has 0 aliphatic heterocycles. The third-order valence-corrected chi connectivity index (χ3v) is 2.97. The van der Waals surface area contributed by atoms with E-state index in [-0.39, 0.29) is 0 Å². The lowest BCUT2D eigenvalue weighted by atomic mass is 10.4. The van der Waals surface area contributed by atoms with Crippen LogP contribution in [-0.4, -0.2) is 4.37 Å². The Bertz CT molecular complexity index is 260. The minimum Gasteiger partial charge on any atom is -0.195 e. The monoisotopic (exact) mass is 202 g/mol. The first kappa shape index (κ1) is 6.72. The minimum atomic E-state index is 0.646. The Labute approximate surface area is 65.4 Å². The summed E-state index contributed by atoms with van der Waals surface area (Å²) in [4.78, 5) is 0.646. The second-order valence-corrected chi connectivity index (χ2v) is 3.09. The summed E-state index contributed by atoms with van der Waals surface area (Å²) in [5.41, 5.74) is 0.886. The van der Waals surface area contributed by atoms with Crippen molar-refractivity contribution in [2.45, 2.75) is 6.92 Å². The lowest BCUT2D eigenvalue weighted by molar-refractivity contribution is 1.32. The molecule has 0 aliphatic rings. The third kappa shape index (κ3) is 1.12. The fourth-order valence-electron chi connectivity index (χ4n) is 0.428. The Morgan fingerprint density at radius 2 is 2.44 bits per heavy atom. The molecule has 0 radical (unpaired) electrons. The molecule has 4 heteroatoms. The van der Waals surface area contributed by atoms with Gasteiger partial charge in [-0.05, 0) is 34.4 Å². The highest BCUT2D eigenvalue weighted by molar-refractivity contribution is 9.10. The first-order chi connectivity index (χ1) is 4.25. The van der Waals surface area contributed by atoms with E-state index in [0.29, 0.717) is 4.88 Å². The van der Waals surface area contributed by atoms with Crippen LogP contribution in [-0.2, 0) is 0 Å². The lowest BCUT2D eigenvalue weighted by Gasteiger charge is -1.79. The number of halogens is 1. The van der Waals surface area contributed by atoms with Gasteiger partial charge in [-0.3, -0.25) is 0 Å². The van der Waals surface area contributed by atoms with Crippen LogP contribution in [0.1, 0.15) is 10.6 Å². The smallest absolute Gasteiger partial charge is 0.139 e. The predicted molar refractivity (Wildman–Crippen MR) is 39.3 cm³/mol. The van der Waals surface area contributed by atoms with E-state index in [9.17, 15) is 0 Å². The van der Waals surface area contributed by atoms with Crippen molar-refractivity contribution in [2.75, 3.05) is 0 Å². The molecule has 46 valence electrons. The van der Waals surface area contributed by atoms with Gasteiger partial charge < -0.3 is 0 Å². The van der Waals surface area contributed by atoms with Crippen LogP contribution in [0, 0.1) is 18.3 Å². The van der Waals surface area contributed by atoms with E-state index in [1.165, 1.54) is 11.5 Å². The maximum Gasteiger partial charge on any atom is 0.139 e. The van der Waals surface area contributed by atoms with Gasteiger partial charge in [0.25, 0.3) is 0 Å². The van der Waals surface area contributed by atoms with Crippen molar-refractivity contribution >= 4 is 27.5 Å². The number of hydrogen-bond acceptors (Lipinski definition) is 3. The largest absolute Gasteiger partial charge is 0.195 e. The van der Waals surface area contributed by atoms with E-state index < -0.39 is 0 Å². The Morgan fingerprint density at radius 1 is 1.78 bits per heavy atom. The average molecular weight is 203 g/mol. The zero-order valence-electron chi connectivity index (χ0n) is 4.68. The summed E-state index contributed by atoms with van der Waals surface area (Å²) in [6.45, 7) is 1.86. The van der Waals surface area contributed by atoms with E-state index in [1.54, 1.807) is 0 Å². The van der Waals surface area contributed by atoms with Gasteiger partial charge in [0.2, 0.25) is 0 Å². The van der Waals surface area contributed by atoms with E-state index in [1.807, 2.05) is 13.0 Å². The number of nitrogens with zero attached hydrogens (tertiary/aromatic N) is 2. The molecule has 0 amide bonds. The molecule has 0 spiro atoms. The van der Waals surface area contributed by atoms with Crippen molar-refractivity contribution < 1.29 is 0 Å². The van der Waals surface area contributed by atoms with Crippen molar-refractivity contribution in [3.8, 4) is 6.07 Å². The molecular weight excluding hydrogens is 200 g/mol. The molecule has 9 heavy (non-hydrogen) atoms. The summed E-state index contributed by atoms with van der Waals surface area (Å²) in [6, 6.07) is 2.03. The van der Waals surface area contributed by atoms with Gasteiger partial charge in [-0.15, -0.1) is 0 Å². The first-order valence-corrected chi connectivity index (χ1v) is 3.84. The number of hydrogen-bond donors (Lipinski definition) is 0. The maximum atomic E-state index is 8.42. The second kappa shape index (κ2) is 2.46. The van der Waals surface area contributed by atoms with Gasteiger partial charge in [0.05, 0.1) is 10.2 Å². The first-order valence-electron chi connectivity index (χ1n) is 2.27. The Morgan fingerprint density at radius 3 is 2.67 bits per heavy atom. The Kier molecular flexibility index (Phi) is 1.84. The molecule has 0 aliphatic carbocycles. The molecule has 1 rings (SSSR count). The fourth-order valence-corrected chi connectivity index (χ4v) is 1.53. The van der Waals surface area contributed by atoms with Crippen molar-refractivity contribution in [2.24, 2.45) is 0 Å². The zero-order chi connectivity index (χ0) is 6.85. The molecule has 0 bridgehead atoms. The molecule has 0 N–H and O–H groups in total. The number of rotatable bonds is 0. The molecule has 0 fully saturated rings. The number of aromatic nitrogens is 1. The van der Waals surface area contributed by atoms with Gasteiger partial charge in [-0.2, -0.15) is 9.64 Å². The van der Waals surface area contributed by atoms with Gasteiger partial charge >= 0.3 is 0 Å². The molecule has 0 atom stereocenters. The van der Waals surface area contributed by atoms with Gasteiger partial charge in [0.1, 0.15) is 10.9 Å². The fraction of sp³-hybridized carbons (Fsp3) is 0.200. The van der Waals surface area contributed by atoms with E-state index >= 15 is 0 Å². The van der Waals surface area contributed by atoms with Gasteiger partial charge in [0.15, 0.2) is 0 Å². The van der Waals surface area contributed by atoms with Crippen LogP contribution >= 0.6 is 27.5 Å². The van der Waals surface area contributed by atoms with E-state index in [2.05, 4.69) is 20.3 Å². The van der Waals surface area contributed by atoms with Gasteiger partial charge in [-0.1, -0.05) is 0 Å². The summed E-state index contributed by atoms with van der Waals surface area (Å²) >= 11 is 4.45. The van der Waals surface area contributed by atoms with Gasteiger partial charge in [-0.25, -0.2) is 0 Å². The molecule has 0 saturated heterocycles. The molecule has 0 saturated carbocycles. The minimum absolute atomic E-state index is 0.646. The van der Waals surface area contributed by atoms with Crippen molar-refractivity contribution in [3.05, 3.63) is 15.0 Å². The molecular formula is C5H3BrN2S. The topological polar surface area (TPSA) is 36.7 Å². The van der Waals surface area contributed by atoms with Crippen LogP contribution in [0.25, 0.3) is 0 Å². The van der Waals surface area contributed by atoms with E-state index in [4.69, 9.17) is 5.26 Å². The quantitative estimate of drug-likeness (QED) is 0.647. The Hall–Kier alpha value is -0.400. The second-order valence-electron chi connectivity index (χ2n) is 1.52. The van der Waals surface area contributed by atoms with Crippen LogP contribution in [0.2, 0.25) is 0 Å². The normalized spacial score (nSPS) is 9.00. The summed E-state index contributed by atoms with van der Waals surface area (Å²) in [6.07, 6.45) is 0. The number of nitriles is 1. The average Bonchev–Trinajstić information content (AvgIpc) is 2.15. The van der Waals surface area contributed by atoms with Crippen molar-refractivity contribution in [1.82, 2.24) is 4.37 Å². The van der Waals surface area contributed by atoms with Crippen LogP contribution < -0.4 is 0 Å². The van der Waals surface area contributed by atoms with Crippen LogP contribution in [0.4, 0.5) is 0 Å². The highest BCUT2D eigenvalue weighted by Gasteiger charge is 2.04. The third-order valence-electron chi connectivity index (χ3n) is 0.892. The molecule has 0 aromatic carbocycles. The van der Waals surface area contributed by atoms with Crippen LogP contribution in [0.15, 0.2) is 4.47 Å². The summed E-state index contributed by atoms with van der Waals surface area (Å²) in [7, 11) is 0. The Balaban J connectivity index is 3.24. The molecule has 0 unspecified atom stereocenters. The molecule has 1 aromatic heterocycles. The van der Waals surface area contributed by atoms with E-state index in [0.717, 1.165) is 10.2 Å². The highest BCUT2D eigenvalue weighted by atomic mass is 79.9. The lowest BCUT2D eigenvalue weighted by Crippen LogP contribution is -1.67. The summed E-state index contributed by atoms with van der Waals surface area (Å²) in [5, 5.41) is 8.42. The number of aryl methyl sites for hydroxylation is 1. The molecule has 1 heterocycles. The van der Waals surface area contributed by atoms with Crippen molar-refractivity contribution in [3.63, 3.8) is 0 Å². The van der Waals surface area contributed by atoms with Crippen LogP contribution in [0.3, 0.4) is 0 Å². The predicted octanol–water partition coefficient (Wildman–Crippen LogP) is 2.09. The molecule has 1 aromatic rings. The van der Waals surface area contributed by atoms with Gasteiger partial charge in [0, 0.05) is 0 Å². The highest BCUT2D eigenvalue weighted by Crippen LogP contribution is 2.22. The zero-order valence-corrected chi connectivity index (χ0v) is 7.08. The standard InChI is InChI=1S/C5H3BrN2S/c1-3-5(6)4(2-7)9-8-3/h1H3. The SMILES string of the molecule is Cc1nsc(C#N)c1Br. The summed E-state index contributed by atoms with van der Waals surface area (Å²) < 4.78 is 4.79. The molecule has 2 nitrogen and oxygen atoms in total.